The molecule has 1 N–H and O–H groups in total. The number of hydrogen-bond acceptors (Lipinski definition) is 3. The highest BCUT2D eigenvalue weighted by Gasteiger charge is 2.23. The number of carbonyl (C=O) groups excluding carboxylic acids is 1. The molecule has 0 aliphatic carbocycles. The van der Waals surface area contributed by atoms with Gasteiger partial charge in [-0.2, -0.15) is 5.10 Å². The highest BCUT2D eigenvalue weighted by molar-refractivity contribution is 9.10. The van der Waals surface area contributed by atoms with E-state index in [0.717, 1.165) is 28.8 Å². The summed E-state index contributed by atoms with van der Waals surface area (Å²) in [5.41, 5.74) is 1.82. The quantitative estimate of drug-likeness (QED) is 0.876. The van der Waals surface area contributed by atoms with Crippen LogP contribution >= 0.6 is 15.9 Å². The molecule has 0 aromatic carbocycles. The fraction of sp³-hybridized carbons (Fsp3) is 0.692. The minimum absolute atomic E-state index is 0.0556. The Morgan fingerprint density at radius 2 is 2.06 bits per heavy atom. The number of aromatic nitrogens is 2. The molecule has 102 valence electrons. The first-order chi connectivity index (χ1) is 8.42. The van der Waals surface area contributed by atoms with Gasteiger partial charge < -0.3 is 5.11 Å². The van der Waals surface area contributed by atoms with Gasteiger partial charge in [0, 0.05) is 6.54 Å². The molecule has 4 nitrogen and oxygen atoms in total. The molecule has 1 rings (SSSR count). The van der Waals surface area contributed by atoms with Crippen LogP contribution in [0.4, 0.5) is 0 Å². The molecule has 0 bridgehead atoms. The molecule has 1 aromatic rings. The van der Waals surface area contributed by atoms with E-state index in [2.05, 4.69) is 21.0 Å². The second-order valence-corrected chi connectivity index (χ2v) is 5.50. The Morgan fingerprint density at radius 3 is 2.50 bits per heavy atom. The summed E-state index contributed by atoms with van der Waals surface area (Å²) in [6.45, 7) is 8.42. The molecule has 0 spiro atoms. The van der Waals surface area contributed by atoms with Gasteiger partial charge in [0.1, 0.15) is 6.10 Å². The molecule has 0 saturated heterocycles. The SMILES string of the molecule is CCc1nn(CC)c(CC(=O)C(O)C(C)C)c1Br. The van der Waals surface area contributed by atoms with Crippen LogP contribution in [-0.4, -0.2) is 26.8 Å². The average molecular weight is 317 g/mol. The van der Waals surface area contributed by atoms with Crippen molar-refractivity contribution >= 4 is 21.7 Å². The molecule has 0 aliphatic rings. The van der Waals surface area contributed by atoms with Crippen molar-refractivity contribution in [2.75, 3.05) is 0 Å². The topological polar surface area (TPSA) is 55.1 Å². The molecule has 1 atom stereocenters. The third kappa shape index (κ3) is 3.20. The summed E-state index contributed by atoms with van der Waals surface area (Å²) in [5, 5.41) is 14.2. The van der Waals surface area contributed by atoms with E-state index in [1.807, 2.05) is 32.4 Å². The van der Waals surface area contributed by atoms with Crippen LogP contribution in [0.2, 0.25) is 0 Å². The van der Waals surface area contributed by atoms with Gasteiger partial charge in [-0.1, -0.05) is 20.8 Å². The Morgan fingerprint density at radius 1 is 1.44 bits per heavy atom. The zero-order valence-corrected chi connectivity index (χ0v) is 13.0. The molecule has 0 aliphatic heterocycles. The van der Waals surface area contributed by atoms with Gasteiger partial charge in [-0.25, -0.2) is 0 Å². The van der Waals surface area contributed by atoms with E-state index in [1.54, 1.807) is 0 Å². The maximum absolute atomic E-state index is 12.0. The zero-order valence-electron chi connectivity index (χ0n) is 11.4. The fourth-order valence-electron chi connectivity index (χ4n) is 1.83. The number of hydrogen-bond donors (Lipinski definition) is 1. The van der Waals surface area contributed by atoms with Crippen LogP contribution in [0.15, 0.2) is 4.47 Å². The molecule has 0 fully saturated rings. The van der Waals surface area contributed by atoms with Crippen molar-refractivity contribution in [1.82, 2.24) is 9.78 Å². The average Bonchev–Trinajstić information content (AvgIpc) is 2.65. The summed E-state index contributed by atoms with van der Waals surface area (Å²) in [6.07, 6.45) is 0.143. The maximum Gasteiger partial charge on any atom is 0.167 e. The first-order valence-corrected chi connectivity index (χ1v) is 7.16. The molecule has 5 heteroatoms. The maximum atomic E-state index is 12.0. The number of Topliss-reactive ketones (excluding diaryl/α,β-unsaturated/α-hetero) is 1. The largest absolute Gasteiger partial charge is 0.385 e. The monoisotopic (exact) mass is 316 g/mol. The standard InChI is InChI=1S/C13H21BrN2O2/c1-5-9-12(14)10(16(6-2)15-9)7-11(17)13(18)8(3)4/h8,13,18H,5-7H2,1-4H3. The molecule has 0 saturated carbocycles. The first-order valence-electron chi connectivity index (χ1n) is 6.37. The normalized spacial score (nSPS) is 13.1. The van der Waals surface area contributed by atoms with Crippen LogP contribution in [0, 0.1) is 5.92 Å². The van der Waals surface area contributed by atoms with E-state index >= 15 is 0 Å². The summed E-state index contributed by atoms with van der Waals surface area (Å²) < 4.78 is 2.73. The van der Waals surface area contributed by atoms with E-state index in [-0.39, 0.29) is 18.1 Å². The molecule has 1 heterocycles. The lowest BCUT2D eigenvalue weighted by molar-refractivity contribution is -0.128. The van der Waals surface area contributed by atoms with Gasteiger partial charge in [-0.15, -0.1) is 0 Å². The van der Waals surface area contributed by atoms with Crippen LogP contribution in [-0.2, 0) is 24.2 Å². The summed E-state index contributed by atoms with van der Waals surface area (Å²) in [7, 11) is 0. The van der Waals surface area contributed by atoms with Crippen molar-refractivity contribution in [1.29, 1.82) is 0 Å². The Hall–Kier alpha value is -0.680. The number of carbonyl (C=O) groups is 1. The molecule has 1 aromatic heterocycles. The van der Waals surface area contributed by atoms with E-state index in [1.165, 1.54) is 0 Å². The zero-order chi connectivity index (χ0) is 13.9. The molecular weight excluding hydrogens is 296 g/mol. The fourth-order valence-corrected chi connectivity index (χ4v) is 2.53. The number of aliphatic hydroxyl groups is 1. The van der Waals surface area contributed by atoms with E-state index < -0.39 is 6.10 Å². The Kier molecular flexibility index (Phi) is 5.53. The van der Waals surface area contributed by atoms with Crippen LogP contribution in [0.1, 0.15) is 39.1 Å². The molecule has 0 radical (unpaired) electrons. The number of aryl methyl sites for hydroxylation is 2. The minimum Gasteiger partial charge on any atom is -0.385 e. The number of rotatable bonds is 6. The summed E-state index contributed by atoms with van der Waals surface area (Å²) in [4.78, 5) is 12.0. The third-order valence-corrected chi connectivity index (χ3v) is 3.91. The second kappa shape index (κ2) is 6.48. The Labute approximate surface area is 117 Å². The van der Waals surface area contributed by atoms with Gasteiger partial charge in [0.15, 0.2) is 5.78 Å². The van der Waals surface area contributed by atoms with Crippen molar-refractivity contribution in [3.8, 4) is 0 Å². The molecule has 0 amide bonds. The van der Waals surface area contributed by atoms with Gasteiger partial charge in [0.05, 0.1) is 22.3 Å². The Bertz CT molecular complexity index is 427. The lowest BCUT2D eigenvalue weighted by Gasteiger charge is -2.13. The third-order valence-electron chi connectivity index (χ3n) is 3.00. The van der Waals surface area contributed by atoms with E-state index in [0.29, 0.717) is 0 Å². The minimum atomic E-state index is -0.901. The van der Waals surface area contributed by atoms with Crippen LogP contribution in [0.5, 0.6) is 0 Å². The van der Waals surface area contributed by atoms with Gasteiger partial charge in [0.2, 0.25) is 0 Å². The lowest BCUT2D eigenvalue weighted by Crippen LogP contribution is -2.28. The predicted molar refractivity (Wildman–Crippen MR) is 74.5 cm³/mol. The second-order valence-electron chi connectivity index (χ2n) is 4.71. The van der Waals surface area contributed by atoms with Crippen molar-refractivity contribution < 1.29 is 9.90 Å². The van der Waals surface area contributed by atoms with Crippen molar-refractivity contribution in [3.05, 3.63) is 15.9 Å². The summed E-state index contributed by atoms with van der Waals surface area (Å²) in [5.74, 6) is -0.206. The number of ketones is 1. The van der Waals surface area contributed by atoms with E-state index in [9.17, 15) is 9.90 Å². The lowest BCUT2D eigenvalue weighted by atomic mass is 10.00. The number of halogens is 1. The van der Waals surface area contributed by atoms with Crippen molar-refractivity contribution in [2.45, 2.75) is 53.2 Å². The highest BCUT2D eigenvalue weighted by Crippen LogP contribution is 2.23. The summed E-state index contributed by atoms with van der Waals surface area (Å²) in [6, 6.07) is 0. The smallest absolute Gasteiger partial charge is 0.167 e. The van der Waals surface area contributed by atoms with E-state index in [4.69, 9.17) is 0 Å². The van der Waals surface area contributed by atoms with Crippen LogP contribution in [0.25, 0.3) is 0 Å². The molecular formula is C13H21BrN2O2. The highest BCUT2D eigenvalue weighted by atomic mass is 79.9. The molecule has 1 unspecified atom stereocenters. The van der Waals surface area contributed by atoms with Crippen LogP contribution in [0.3, 0.4) is 0 Å². The number of nitrogens with zero attached hydrogens (tertiary/aromatic N) is 2. The predicted octanol–water partition coefficient (Wildman–Crippen LogP) is 2.36. The number of aliphatic hydroxyl groups excluding tert-OH is 1. The van der Waals surface area contributed by atoms with Gasteiger partial charge in [-0.3, -0.25) is 9.48 Å². The summed E-state index contributed by atoms with van der Waals surface area (Å²) >= 11 is 3.50. The first kappa shape index (κ1) is 15.4. The van der Waals surface area contributed by atoms with Gasteiger partial charge in [0.25, 0.3) is 0 Å². The Balaban J connectivity index is 2.96. The van der Waals surface area contributed by atoms with Crippen molar-refractivity contribution in [3.63, 3.8) is 0 Å². The van der Waals surface area contributed by atoms with Crippen molar-refractivity contribution in [2.24, 2.45) is 5.92 Å². The van der Waals surface area contributed by atoms with Crippen LogP contribution < -0.4 is 0 Å². The van der Waals surface area contributed by atoms with Gasteiger partial charge >= 0.3 is 0 Å². The molecule has 18 heavy (non-hydrogen) atoms. The van der Waals surface area contributed by atoms with Gasteiger partial charge in [-0.05, 0) is 35.2 Å².